The van der Waals surface area contributed by atoms with E-state index < -0.39 is 55.5 Å². The van der Waals surface area contributed by atoms with Gasteiger partial charge in [-0.3, -0.25) is 19.2 Å². The number of carbonyl (C=O) groups is 4. The third-order valence-corrected chi connectivity index (χ3v) is 14.4. The zero-order valence-corrected chi connectivity index (χ0v) is 40.1. The number of carboxylic acid groups (broad SMARTS) is 4. The molecule has 4 N–H and O–H groups in total. The number of anilines is 2. The number of nitrogens with zero attached hydrogens (tertiary/aromatic N) is 2. The molecule has 0 fully saturated rings. The highest BCUT2D eigenvalue weighted by Crippen LogP contribution is 2.59. The number of unbranched alkanes of at least 4 members (excludes halogenated alkanes) is 5. The molecule has 0 radical (unpaired) electrons. The van der Waals surface area contributed by atoms with Crippen LogP contribution in [0.1, 0.15) is 116 Å². The summed E-state index contributed by atoms with van der Waals surface area (Å²) >= 11 is 0. The van der Waals surface area contributed by atoms with E-state index in [1.54, 1.807) is 24.3 Å². The highest BCUT2D eigenvalue weighted by Gasteiger charge is 2.47. The van der Waals surface area contributed by atoms with E-state index in [-0.39, 0.29) is 5.41 Å². The molecule has 10 nitrogen and oxygen atoms in total. The van der Waals surface area contributed by atoms with E-state index in [4.69, 9.17) is 0 Å². The number of aryl methyl sites for hydroxylation is 2. The van der Waals surface area contributed by atoms with Crippen LogP contribution in [0.2, 0.25) is 0 Å². The molecule has 2 aliphatic carbocycles. The highest BCUT2D eigenvalue weighted by molar-refractivity contribution is 5.91. The molecule has 0 spiro atoms. The molecule has 6 aromatic rings. The Labute approximate surface area is 404 Å². The number of aliphatic carboxylic acids is 4. The maximum absolute atomic E-state index is 11.9. The molecular formula is C59H62N2O8. The van der Waals surface area contributed by atoms with Crippen LogP contribution in [-0.4, -0.2) is 70.5 Å². The van der Waals surface area contributed by atoms with Gasteiger partial charge in [-0.15, -0.1) is 0 Å². The average Bonchev–Trinajstić information content (AvgIpc) is 3.75. The molecule has 2 aliphatic rings. The van der Waals surface area contributed by atoms with Gasteiger partial charge < -0.3 is 30.2 Å². The van der Waals surface area contributed by atoms with Crippen LogP contribution in [0.5, 0.6) is 0 Å². The van der Waals surface area contributed by atoms with Crippen molar-refractivity contribution in [2.75, 3.05) is 36.0 Å². The normalized spacial score (nSPS) is 14.9. The molecule has 6 aromatic carbocycles. The molecule has 0 amide bonds. The summed E-state index contributed by atoms with van der Waals surface area (Å²) in [5.74, 6) is -4.62. The molecule has 10 heteroatoms. The Morgan fingerprint density at radius 2 is 0.768 bits per heavy atom. The summed E-state index contributed by atoms with van der Waals surface area (Å²) in [5, 5.41) is 38.9. The Morgan fingerprint density at radius 1 is 0.420 bits per heavy atom. The van der Waals surface area contributed by atoms with E-state index >= 15 is 0 Å². The third kappa shape index (κ3) is 9.37. The topological polar surface area (TPSA) is 156 Å². The number of rotatable bonds is 22. The lowest BCUT2D eigenvalue weighted by atomic mass is 9.67. The second kappa shape index (κ2) is 20.2. The van der Waals surface area contributed by atoms with E-state index in [1.807, 2.05) is 24.3 Å². The van der Waals surface area contributed by atoms with Gasteiger partial charge in [0.05, 0.1) is 5.41 Å². The van der Waals surface area contributed by atoms with Crippen molar-refractivity contribution >= 4 is 35.3 Å². The largest absolute Gasteiger partial charge is 0.480 e. The predicted molar refractivity (Wildman–Crippen MR) is 273 cm³/mol. The summed E-state index contributed by atoms with van der Waals surface area (Å²) in [5.41, 5.74) is 15.5. The molecule has 69 heavy (non-hydrogen) atoms. The van der Waals surface area contributed by atoms with E-state index in [9.17, 15) is 39.6 Å². The van der Waals surface area contributed by atoms with Gasteiger partial charge in [-0.1, -0.05) is 155 Å². The van der Waals surface area contributed by atoms with E-state index in [0.717, 1.165) is 82.2 Å². The van der Waals surface area contributed by atoms with Crippen molar-refractivity contribution in [2.45, 2.75) is 96.3 Å². The molecule has 0 heterocycles. The summed E-state index contributed by atoms with van der Waals surface area (Å²) in [6.07, 6.45) is 10.4. The molecule has 1 unspecified atom stereocenters. The van der Waals surface area contributed by atoms with Gasteiger partial charge in [0.1, 0.15) is 26.2 Å². The van der Waals surface area contributed by atoms with Gasteiger partial charge >= 0.3 is 23.9 Å². The van der Waals surface area contributed by atoms with Gasteiger partial charge in [0.2, 0.25) is 0 Å². The molecule has 0 aromatic heterocycles. The number of hydrogen-bond donors (Lipinski definition) is 4. The second-order valence-electron chi connectivity index (χ2n) is 19.1. The molecule has 0 bridgehead atoms. The minimum absolute atomic E-state index is 0.113. The fourth-order valence-corrected chi connectivity index (χ4v) is 11.4. The number of fused-ring (bicyclic) bond motifs is 6. The second-order valence-corrected chi connectivity index (χ2v) is 19.1. The summed E-state index contributed by atoms with van der Waals surface area (Å²) in [4.78, 5) is 50.3. The molecule has 0 saturated heterocycles. The Hall–Kier alpha value is -7.20. The lowest BCUT2D eigenvalue weighted by Gasteiger charge is -2.35. The molecule has 0 aliphatic heterocycles. The zero-order chi connectivity index (χ0) is 49.0. The SMILES string of the molecule is CCCCCCC1(CCCCC)c2cc(C)ccc2-c2ccc(-c3ccc4c(c3)C(c3ccc(N(CC(=O)O)CC(=O)O)cc3)(c3ccc(N(CC(=O)O)CC(=O)O)cc3)c3cc(C)ccc3-4)cc21. The maximum atomic E-state index is 11.9. The molecule has 8 rings (SSSR count). The van der Waals surface area contributed by atoms with Crippen LogP contribution >= 0.6 is 0 Å². The summed E-state index contributed by atoms with van der Waals surface area (Å²) in [6, 6.07) is 42.0. The van der Waals surface area contributed by atoms with Gasteiger partial charge in [-0.2, -0.15) is 0 Å². The first kappa shape index (κ1) is 48.3. The van der Waals surface area contributed by atoms with E-state index in [1.165, 1.54) is 63.3 Å². The van der Waals surface area contributed by atoms with Crippen molar-refractivity contribution in [2.24, 2.45) is 0 Å². The Bertz CT molecular complexity index is 2790. The first-order valence-corrected chi connectivity index (χ1v) is 24.3. The standard InChI is InChI=1S/C59H62N2O8/c1-5-7-9-11-29-58(28-10-8-6-2)50-30-38(3)12-24-46(50)47-26-14-40(32-51(47)58)41-15-27-49-48-25-13-39(4)31-52(48)59(53(49)33-41,42-16-20-44(21-17-42)60(34-54(62)63)35-55(64)65)43-18-22-45(23-19-43)61(36-56(66)67)37-57(68)69/h12-27,30-33H,5-11,28-29,34-37H2,1-4H3,(H,62,63)(H,64,65)(H,66,67)(H,68,69). The average molecular weight is 927 g/mol. The van der Waals surface area contributed by atoms with Crippen LogP contribution in [0.25, 0.3) is 33.4 Å². The van der Waals surface area contributed by atoms with E-state index in [2.05, 4.69) is 100 Å². The number of carboxylic acids is 4. The third-order valence-electron chi connectivity index (χ3n) is 14.4. The predicted octanol–water partition coefficient (Wildman–Crippen LogP) is 12.1. The van der Waals surface area contributed by atoms with Gasteiger partial charge in [0.25, 0.3) is 0 Å². The Balaban J connectivity index is 1.35. The van der Waals surface area contributed by atoms with Crippen molar-refractivity contribution in [3.05, 3.63) is 166 Å². The molecule has 1 atom stereocenters. The maximum Gasteiger partial charge on any atom is 0.323 e. The first-order valence-electron chi connectivity index (χ1n) is 24.3. The Kier molecular flexibility index (Phi) is 14.1. The lowest BCUT2D eigenvalue weighted by Crippen LogP contribution is -2.35. The van der Waals surface area contributed by atoms with Crippen LogP contribution in [0.4, 0.5) is 11.4 Å². The summed E-state index contributed by atoms with van der Waals surface area (Å²) in [7, 11) is 0. The minimum atomic E-state index is -1.15. The molecule has 0 saturated carbocycles. The van der Waals surface area contributed by atoms with Crippen molar-refractivity contribution in [3.8, 4) is 33.4 Å². The zero-order valence-electron chi connectivity index (χ0n) is 40.1. The van der Waals surface area contributed by atoms with Crippen molar-refractivity contribution < 1.29 is 39.6 Å². The smallest absolute Gasteiger partial charge is 0.323 e. The van der Waals surface area contributed by atoms with Gasteiger partial charge in [0.15, 0.2) is 0 Å². The quantitative estimate of drug-likeness (QED) is 0.0483. The fourth-order valence-electron chi connectivity index (χ4n) is 11.4. The van der Waals surface area contributed by atoms with E-state index in [0.29, 0.717) is 11.4 Å². The Morgan fingerprint density at radius 3 is 1.20 bits per heavy atom. The molecule has 356 valence electrons. The van der Waals surface area contributed by atoms with Crippen LogP contribution in [0.15, 0.2) is 121 Å². The van der Waals surface area contributed by atoms with Crippen molar-refractivity contribution in [3.63, 3.8) is 0 Å². The van der Waals surface area contributed by atoms with Crippen molar-refractivity contribution in [1.29, 1.82) is 0 Å². The number of hydrogen-bond acceptors (Lipinski definition) is 6. The number of benzene rings is 6. The van der Waals surface area contributed by atoms with Crippen LogP contribution in [0.3, 0.4) is 0 Å². The monoisotopic (exact) mass is 926 g/mol. The highest BCUT2D eigenvalue weighted by atomic mass is 16.4. The van der Waals surface area contributed by atoms with Crippen LogP contribution < -0.4 is 9.80 Å². The lowest BCUT2D eigenvalue weighted by molar-refractivity contribution is -0.138. The fraction of sp³-hybridized carbons (Fsp3) is 0.322. The summed E-state index contributed by atoms with van der Waals surface area (Å²) in [6.45, 7) is 6.78. The van der Waals surface area contributed by atoms with Gasteiger partial charge in [-0.05, 0) is 130 Å². The van der Waals surface area contributed by atoms with Gasteiger partial charge in [0, 0.05) is 16.8 Å². The minimum Gasteiger partial charge on any atom is -0.480 e. The van der Waals surface area contributed by atoms with Gasteiger partial charge in [-0.25, -0.2) is 0 Å². The van der Waals surface area contributed by atoms with Crippen LogP contribution in [0, 0.1) is 13.8 Å². The first-order chi connectivity index (χ1) is 33.2. The van der Waals surface area contributed by atoms with Crippen molar-refractivity contribution in [1.82, 2.24) is 0 Å². The summed E-state index contributed by atoms with van der Waals surface area (Å²) < 4.78 is 0. The molecular weight excluding hydrogens is 865 g/mol. The van der Waals surface area contributed by atoms with Crippen LogP contribution in [-0.2, 0) is 30.0 Å².